The van der Waals surface area contributed by atoms with E-state index in [1.807, 2.05) is 37.3 Å². The predicted molar refractivity (Wildman–Crippen MR) is 69.2 cm³/mol. The van der Waals surface area contributed by atoms with E-state index in [9.17, 15) is 9.59 Å². The lowest BCUT2D eigenvalue weighted by atomic mass is 10.00. The first kappa shape index (κ1) is 14.2. The summed E-state index contributed by atoms with van der Waals surface area (Å²) in [5.41, 5.74) is 1.12. The number of carboxylic acid groups (broad SMARTS) is 1. The van der Waals surface area contributed by atoms with E-state index in [0.717, 1.165) is 5.56 Å². The molecule has 0 saturated heterocycles. The van der Waals surface area contributed by atoms with Gasteiger partial charge in [-0.2, -0.15) is 0 Å². The Bertz CT molecular complexity index is 403. The van der Waals surface area contributed by atoms with Crippen LogP contribution in [0.1, 0.15) is 18.9 Å². The van der Waals surface area contributed by atoms with Crippen molar-refractivity contribution in [1.82, 2.24) is 4.90 Å². The Morgan fingerprint density at radius 1 is 1.28 bits per heavy atom. The number of hydrogen-bond acceptors (Lipinski definition) is 2. The molecule has 1 aromatic rings. The summed E-state index contributed by atoms with van der Waals surface area (Å²) in [4.78, 5) is 23.9. The van der Waals surface area contributed by atoms with Crippen molar-refractivity contribution in [2.45, 2.75) is 19.8 Å². The Morgan fingerprint density at radius 2 is 1.89 bits per heavy atom. The van der Waals surface area contributed by atoms with Gasteiger partial charge in [-0.3, -0.25) is 9.59 Å². The highest BCUT2D eigenvalue weighted by molar-refractivity contribution is 5.79. The van der Waals surface area contributed by atoms with E-state index in [4.69, 9.17) is 5.11 Å². The van der Waals surface area contributed by atoms with Gasteiger partial charge in [0.1, 0.15) is 0 Å². The Labute approximate surface area is 107 Å². The third-order valence-electron chi connectivity index (χ3n) is 2.84. The molecule has 0 spiro atoms. The average molecular weight is 249 g/mol. The van der Waals surface area contributed by atoms with Gasteiger partial charge in [-0.1, -0.05) is 37.3 Å². The van der Waals surface area contributed by atoms with Crippen LogP contribution in [-0.2, 0) is 16.0 Å². The fraction of sp³-hybridized carbons (Fsp3) is 0.429. The maximum atomic E-state index is 12.0. The fourth-order valence-electron chi connectivity index (χ4n) is 1.80. The van der Waals surface area contributed by atoms with Crippen LogP contribution in [0.3, 0.4) is 0 Å². The van der Waals surface area contributed by atoms with E-state index in [1.165, 1.54) is 4.90 Å². The van der Waals surface area contributed by atoms with Gasteiger partial charge < -0.3 is 10.0 Å². The second-order valence-corrected chi connectivity index (χ2v) is 4.49. The minimum atomic E-state index is -0.884. The number of carbonyl (C=O) groups is 2. The van der Waals surface area contributed by atoms with Gasteiger partial charge in [-0.05, 0) is 12.0 Å². The maximum Gasteiger partial charge on any atom is 0.305 e. The van der Waals surface area contributed by atoms with Crippen LogP contribution in [0.15, 0.2) is 30.3 Å². The Balaban J connectivity index is 2.48. The van der Waals surface area contributed by atoms with Crippen molar-refractivity contribution in [3.63, 3.8) is 0 Å². The summed E-state index contributed by atoms with van der Waals surface area (Å²) in [6.07, 6.45) is 0.664. The highest BCUT2D eigenvalue weighted by Crippen LogP contribution is 2.10. The van der Waals surface area contributed by atoms with Gasteiger partial charge in [0.2, 0.25) is 5.91 Å². The Morgan fingerprint density at radius 3 is 2.44 bits per heavy atom. The number of rotatable bonds is 6. The van der Waals surface area contributed by atoms with Gasteiger partial charge in [-0.15, -0.1) is 0 Å². The second kappa shape index (κ2) is 6.79. The lowest BCUT2D eigenvalue weighted by Gasteiger charge is -2.20. The first-order valence-corrected chi connectivity index (χ1v) is 6.01. The molecule has 18 heavy (non-hydrogen) atoms. The first-order chi connectivity index (χ1) is 8.50. The smallest absolute Gasteiger partial charge is 0.305 e. The van der Waals surface area contributed by atoms with E-state index >= 15 is 0 Å². The van der Waals surface area contributed by atoms with Crippen LogP contribution in [0.2, 0.25) is 0 Å². The number of benzene rings is 1. The van der Waals surface area contributed by atoms with Crippen molar-refractivity contribution < 1.29 is 14.7 Å². The van der Waals surface area contributed by atoms with Crippen LogP contribution in [0.25, 0.3) is 0 Å². The summed E-state index contributed by atoms with van der Waals surface area (Å²) in [6, 6.07) is 9.80. The molecule has 1 atom stereocenters. The number of amides is 1. The van der Waals surface area contributed by atoms with Crippen LogP contribution >= 0.6 is 0 Å². The first-order valence-electron chi connectivity index (χ1n) is 6.01. The number of carboxylic acids is 1. The number of carbonyl (C=O) groups excluding carboxylic acids is 1. The molecule has 0 bridgehead atoms. The quantitative estimate of drug-likeness (QED) is 0.836. The zero-order chi connectivity index (χ0) is 13.5. The minimum absolute atomic E-state index is 0.0136. The fourth-order valence-corrected chi connectivity index (χ4v) is 1.80. The largest absolute Gasteiger partial charge is 0.481 e. The van der Waals surface area contributed by atoms with Crippen LogP contribution in [-0.4, -0.2) is 35.5 Å². The summed E-state index contributed by atoms with van der Waals surface area (Å²) in [6.45, 7) is 2.12. The summed E-state index contributed by atoms with van der Waals surface area (Å²) >= 11 is 0. The van der Waals surface area contributed by atoms with Gasteiger partial charge >= 0.3 is 5.97 Å². The molecular weight excluding hydrogens is 230 g/mol. The molecule has 0 aliphatic heterocycles. The molecule has 1 rings (SSSR count). The van der Waals surface area contributed by atoms with E-state index in [2.05, 4.69) is 0 Å². The SMILES string of the molecule is CC(Cc1ccccc1)C(=O)N(C)CCC(=O)O. The van der Waals surface area contributed by atoms with E-state index in [1.54, 1.807) is 7.05 Å². The molecule has 0 radical (unpaired) electrons. The van der Waals surface area contributed by atoms with Gasteiger partial charge in [0, 0.05) is 19.5 Å². The summed E-state index contributed by atoms with van der Waals surface area (Å²) < 4.78 is 0. The van der Waals surface area contributed by atoms with Crippen molar-refractivity contribution in [1.29, 1.82) is 0 Å². The van der Waals surface area contributed by atoms with E-state index in [-0.39, 0.29) is 24.8 Å². The minimum Gasteiger partial charge on any atom is -0.481 e. The van der Waals surface area contributed by atoms with Crippen LogP contribution in [0, 0.1) is 5.92 Å². The molecule has 4 nitrogen and oxygen atoms in total. The molecular formula is C14H19NO3. The molecule has 98 valence electrons. The zero-order valence-corrected chi connectivity index (χ0v) is 10.8. The van der Waals surface area contributed by atoms with Crippen LogP contribution in [0.4, 0.5) is 0 Å². The van der Waals surface area contributed by atoms with Crippen molar-refractivity contribution in [2.75, 3.05) is 13.6 Å². The number of aliphatic carboxylic acids is 1. The van der Waals surface area contributed by atoms with Gasteiger partial charge in [-0.25, -0.2) is 0 Å². The lowest BCUT2D eigenvalue weighted by Crippen LogP contribution is -2.34. The number of hydrogen-bond donors (Lipinski definition) is 1. The van der Waals surface area contributed by atoms with E-state index < -0.39 is 5.97 Å². The second-order valence-electron chi connectivity index (χ2n) is 4.49. The van der Waals surface area contributed by atoms with Gasteiger partial charge in [0.25, 0.3) is 0 Å². The molecule has 0 saturated carbocycles. The predicted octanol–water partition coefficient (Wildman–Crippen LogP) is 1.80. The van der Waals surface area contributed by atoms with E-state index in [0.29, 0.717) is 6.42 Å². The molecule has 0 heterocycles. The molecule has 1 aromatic carbocycles. The van der Waals surface area contributed by atoms with Crippen LogP contribution < -0.4 is 0 Å². The molecule has 1 N–H and O–H groups in total. The lowest BCUT2D eigenvalue weighted by molar-refractivity contribution is -0.139. The summed E-state index contributed by atoms with van der Waals surface area (Å²) in [7, 11) is 1.65. The monoisotopic (exact) mass is 249 g/mol. The normalized spacial score (nSPS) is 11.9. The third kappa shape index (κ3) is 4.57. The van der Waals surface area contributed by atoms with Gasteiger partial charge in [0.15, 0.2) is 0 Å². The molecule has 4 heteroatoms. The maximum absolute atomic E-state index is 12.0. The van der Waals surface area contributed by atoms with Crippen molar-refractivity contribution in [2.24, 2.45) is 5.92 Å². The highest BCUT2D eigenvalue weighted by Gasteiger charge is 2.18. The zero-order valence-electron chi connectivity index (χ0n) is 10.8. The van der Waals surface area contributed by atoms with Crippen LogP contribution in [0.5, 0.6) is 0 Å². The third-order valence-corrected chi connectivity index (χ3v) is 2.84. The van der Waals surface area contributed by atoms with Gasteiger partial charge in [0.05, 0.1) is 6.42 Å². The summed E-state index contributed by atoms with van der Waals surface area (Å²) in [5.74, 6) is -1.03. The molecule has 0 aromatic heterocycles. The van der Waals surface area contributed by atoms with Crippen molar-refractivity contribution >= 4 is 11.9 Å². The molecule has 0 fully saturated rings. The molecule has 0 aliphatic rings. The van der Waals surface area contributed by atoms with Crippen molar-refractivity contribution in [3.05, 3.63) is 35.9 Å². The molecule has 0 aliphatic carbocycles. The topological polar surface area (TPSA) is 57.6 Å². The molecule has 1 unspecified atom stereocenters. The Hall–Kier alpha value is -1.84. The average Bonchev–Trinajstić information content (AvgIpc) is 2.36. The standard InChI is InChI=1S/C14H19NO3/c1-11(10-12-6-4-3-5-7-12)14(18)15(2)9-8-13(16)17/h3-7,11H,8-10H2,1-2H3,(H,16,17). The summed E-state index contributed by atoms with van der Waals surface area (Å²) in [5, 5.41) is 8.58. The van der Waals surface area contributed by atoms with Crippen molar-refractivity contribution in [3.8, 4) is 0 Å². The highest BCUT2D eigenvalue weighted by atomic mass is 16.4. The molecule has 1 amide bonds. The number of nitrogens with zero attached hydrogens (tertiary/aromatic N) is 1. The Kier molecular flexibility index (Phi) is 5.36.